The summed E-state index contributed by atoms with van der Waals surface area (Å²) in [6.45, 7) is 14.8. The van der Waals surface area contributed by atoms with Gasteiger partial charge in [0.25, 0.3) is 0 Å². The molecule has 1 aliphatic carbocycles. The van der Waals surface area contributed by atoms with E-state index in [0.717, 1.165) is 17.9 Å². The van der Waals surface area contributed by atoms with Crippen LogP contribution in [0, 0.1) is 17.3 Å². The van der Waals surface area contributed by atoms with E-state index in [1.165, 1.54) is 58.3 Å². The number of nitrogens with one attached hydrogen (secondary N) is 1. The van der Waals surface area contributed by atoms with E-state index in [9.17, 15) is 0 Å². The predicted octanol–water partition coefficient (Wildman–Crippen LogP) is 3.52. The second kappa shape index (κ2) is 6.58. The van der Waals surface area contributed by atoms with Gasteiger partial charge in [-0.05, 0) is 49.5 Å². The van der Waals surface area contributed by atoms with Crippen molar-refractivity contribution in [1.29, 1.82) is 0 Å². The largest absolute Gasteiger partial charge is 0.313 e. The molecule has 1 saturated carbocycles. The molecule has 0 aromatic carbocycles. The fraction of sp³-hybridized carbons (Fsp3) is 1.00. The Hall–Kier alpha value is -0.0800. The van der Waals surface area contributed by atoms with Gasteiger partial charge in [-0.2, -0.15) is 0 Å². The zero-order valence-corrected chi connectivity index (χ0v) is 13.5. The van der Waals surface area contributed by atoms with Gasteiger partial charge in [0.1, 0.15) is 0 Å². The summed E-state index contributed by atoms with van der Waals surface area (Å²) in [5.41, 5.74) is 0.470. The number of likely N-dealkylation sites (tertiary alicyclic amines) is 1. The van der Waals surface area contributed by atoms with Crippen LogP contribution >= 0.6 is 0 Å². The molecule has 0 bridgehead atoms. The van der Waals surface area contributed by atoms with Crippen molar-refractivity contribution < 1.29 is 0 Å². The normalized spacial score (nSPS) is 32.2. The molecule has 2 heteroatoms. The highest BCUT2D eigenvalue weighted by atomic mass is 15.1. The number of piperidine rings is 1. The molecule has 1 heterocycles. The van der Waals surface area contributed by atoms with Crippen LogP contribution in [-0.4, -0.2) is 37.1 Å². The highest BCUT2D eigenvalue weighted by Crippen LogP contribution is 2.30. The van der Waals surface area contributed by atoms with E-state index in [0.29, 0.717) is 5.41 Å². The molecule has 0 aromatic rings. The Balaban J connectivity index is 1.83. The van der Waals surface area contributed by atoms with Crippen molar-refractivity contribution in [3.63, 3.8) is 0 Å². The van der Waals surface area contributed by atoms with Crippen LogP contribution in [0.1, 0.15) is 59.8 Å². The zero-order chi connectivity index (χ0) is 13.9. The molecule has 2 rings (SSSR count). The lowest BCUT2D eigenvalue weighted by Crippen LogP contribution is -2.47. The first-order chi connectivity index (χ1) is 9.02. The molecule has 19 heavy (non-hydrogen) atoms. The highest BCUT2D eigenvalue weighted by molar-refractivity contribution is 4.88. The minimum absolute atomic E-state index is 0.470. The second-order valence-electron chi connectivity index (χ2n) is 7.69. The van der Waals surface area contributed by atoms with Crippen molar-refractivity contribution in [2.75, 3.05) is 26.2 Å². The first-order valence-electron chi connectivity index (χ1n) is 8.48. The fourth-order valence-electron chi connectivity index (χ4n) is 3.54. The first-order valence-corrected chi connectivity index (χ1v) is 8.48. The minimum Gasteiger partial charge on any atom is -0.313 e. The summed E-state index contributed by atoms with van der Waals surface area (Å²) in [7, 11) is 0. The molecule has 2 aliphatic rings. The summed E-state index contributed by atoms with van der Waals surface area (Å²) in [4.78, 5) is 2.73. The highest BCUT2D eigenvalue weighted by Gasteiger charge is 2.32. The van der Waals surface area contributed by atoms with E-state index in [4.69, 9.17) is 0 Å². The van der Waals surface area contributed by atoms with Crippen LogP contribution in [0.2, 0.25) is 0 Å². The Morgan fingerprint density at radius 1 is 1.16 bits per heavy atom. The molecule has 2 fully saturated rings. The van der Waals surface area contributed by atoms with Gasteiger partial charge in [-0.1, -0.05) is 34.1 Å². The van der Waals surface area contributed by atoms with Crippen molar-refractivity contribution in [2.45, 2.75) is 65.8 Å². The summed E-state index contributed by atoms with van der Waals surface area (Å²) >= 11 is 0. The Labute approximate surface area is 120 Å². The van der Waals surface area contributed by atoms with Gasteiger partial charge in [0.05, 0.1) is 0 Å². The summed E-state index contributed by atoms with van der Waals surface area (Å²) < 4.78 is 0. The van der Waals surface area contributed by atoms with Crippen LogP contribution in [0.3, 0.4) is 0 Å². The van der Waals surface area contributed by atoms with E-state index in [2.05, 4.69) is 37.9 Å². The maximum absolute atomic E-state index is 3.76. The third kappa shape index (κ3) is 4.75. The predicted molar refractivity (Wildman–Crippen MR) is 83.4 cm³/mol. The number of hydrogen-bond donors (Lipinski definition) is 1. The van der Waals surface area contributed by atoms with Crippen molar-refractivity contribution >= 4 is 0 Å². The molecular formula is C17H34N2. The summed E-state index contributed by atoms with van der Waals surface area (Å²) in [6.07, 6.45) is 6.86. The standard InChI is InChI=1S/C17H34N2/c1-5-9-17(4,12-18-16-6-7-16)13-19-10-8-14(2)15(3)11-19/h14-16,18H,5-13H2,1-4H3. The Bertz CT molecular complexity index is 274. The molecule has 0 amide bonds. The van der Waals surface area contributed by atoms with Gasteiger partial charge in [0, 0.05) is 25.7 Å². The van der Waals surface area contributed by atoms with Crippen molar-refractivity contribution in [3.8, 4) is 0 Å². The molecule has 1 aliphatic heterocycles. The van der Waals surface area contributed by atoms with Crippen molar-refractivity contribution in [1.82, 2.24) is 10.2 Å². The van der Waals surface area contributed by atoms with Crippen LogP contribution in [-0.2, 0) is 0 Å². The molecule has 0 spiro atoms. The van der Waals surface area contributed by atoms with Gasteiger partial charge in [-0.25, -0.2) is 0 Å². The average molecular weight is 266 g/mol. The molecule has 3 unspecified atom stereocenters. The van der Waals surface area contributed by atoms with Gasteiger partial charge >= 0.3 is 0 Å². The second-order valence-corrected chi connectivity index (χ2v) is 7.69. The Morgan fingerprint density at radius 3 is 2.47 bits per heavy atom. The Morgan fingerprint density at radius 2 is 1.89 bits per heavy atom. The SMILES string of the molecule is CCCC(C)(CNC1CC1)CN1CCC(C)C(C)C1. The van der Waals surface area contributed by atoms with Gasteiger partial charge in [-0.3, -0.25) is 0 Å². The number of rotatable bonds is 7. The lowest BCUT2D eigenvalue weighted by Gasteiger charge is -2.41. The van der Waals surface area contributed by atoms with Gasteiger partial charge in [-0.15, -0.1) is 0 Å². The van der Waals surface area contributed by atoms with Gasteiger partial charge in [0.2, 0.25) is 0 Å². The zero-order valence-electron chi connectivity index (χ0n) is 13.5. The summed E-state index contributed by atoms with van der Waals surface area (Å²) in [5.74, 6) is 1.79. The van der Waals surface area contributed by atoms with E-state index < -0.39 is 0 Å². The van der Waals surface area contributed by atoms with Crippen LogP contribution in [0.25, 0.3) is 0 Å². The molecule has 2 nitrogen and oxygen atoms in total. The average Bonchev–Trinajstić information content (AvgIpc) is 3.16. The molecule has 1 N–H and O–H groups in total. The maximum Gasteiger partial charge on any atom is 0.00684 e. The van der Waals surface area contributed by atoms with E-state index >= 15 is 0 Å². The van der Waals surface area contributed by atoms with E-state index in [1.54, 1.807) is 0 Å². The van der Waals surface area contributed by atoms with Crippen LogP contribution in [0.5, 0.6) is 0 Å². The smallest absolute Gasteiger partial charge is 0.00684 e. The molecule has 112 valence electrons. The molecular weight excluding hydrogens is 232 g/mol. The van der Waals surface area contributed by atoms with Crippen molar-refractivity contribution in [2.24, 2.45) is 17.3 Å². The number of nitrogens with zero attached hydrogens (tertiary/aromatic N) is 1. The summed E-state index contributed by atoms with van der Waals surface area (Å²) in [5, 5.41) is 3.76. The van der Waals surface area contributed by atoms with E-state index in [-0.39, 0.29) is 0 Å². The molecule has 0 aromatic heterocycles. The van der Waals surface area contributed by atoms with Crippen molar-refractivity contribution in [3.05, 3.63) is 0 Å². The van der Waals surface area contributed by atoms with Gasteiger partial charge < -0.3 is 10.2 Å². The monoisotopic (exact) mass is 266 g/mol. The molecule has 1 saturated heterocycles. The maximum atomic E-state index is 3.76. The quantitative estimate of drug-likeness (QED) is 0.758. The third-order valence-corrected chi connectivity index (χ3v) is 5.27. The molecule has 3 atom stereocenters. The van der Waals surface area contributed by atoms with E-state index in [1.807, 2.05) is 0 Å². The first kappa shape index (κ1) is 15.3. The third-order valence-electron chi connectivity index (χ3n) is 5.27. The van der Waals surface area contributed by atoms with Gasteiger partial charge in [0.15, 0.2) is 0 Å². The Kier molecular flexibility index (Phi) is 5.30. The van der Waals surface area contributed by atoms with Crippen LogP contribution < -0.4 is 5.32 Å². The fourth-order valence-corrected chi connectivity index (χ4v) is 3.54. The topological polar surface area (TPSA) is 15.3 Å². The van der Waals surface area contributed by atoms with Crippen LogP contribution in [0.4, 0.5) is 0 Å². The molecule has 0 radical (unpaired) electrons. The summed E-state index contributed by atoms with van der Waals surface area (Å²) in [6, 6.07) is 0.844. The minimum atomic E-state index is 0.470. The van der Waals surface area contributed by atoms with Crippen LogP contribution in [0.15, 0.2) is 0 Å². The number of hydrogen-bond acceptors (Lipinski definition) is 2. The lowest BCUT2D eigenvalue weighted by atomic mass is 9.82. The lowest BCUT2D eigenvalue weighted by molar-refractivity contribution is 0.0841.